The molecule has 23 heavy (non-hydrogen) atoms. The van der Waals surface area contributed by atoms with Crippen molar-refractivity contribution in [3.63, 3.8) is 0 Å². The molecule has 1 aromatic rings. The molecule has 124 valence electrons. The predicted octanol–water partition coefficient (Wildman–Crippen LogP) is 1.97. The summed E-state index contributed by atoms with van der Waals surface area (Å²) in [5.74, 6) is -1.24. The Morgan fingerprint density at radius 1 is 1.35 bits per heavy atom. The van der Waals surface area contributed by atoms with Crippen LogP contribution in [0.2, 0.25) is 0 Å². The number of benzene rings is 1. The average molecular weight is 321 g/mol. The lowest BCUT2D eigenvalue weighted by Crippen LogP contribution is -2.44. The van der Waals surface area contributed by atoms with E-state index in [1.54, 1.807) is 24.3 Å². The molecule has 1 saturated carbocycles. The van der Waals surface area contributed by atoms with Gasteiger partial charge in [0.2, 0.25) is 6.54 Å². The number of nitrogens with zero attached hydrogens (tertiary/aromatic N) is 1. The standard InChI is InChI=1S/C16H19NO6/c1-22-12-7-5-11(6-8-12)13(10-17(20)21)16(15(19)23-2)9-3-4-14(16)18/h5-8,13H,3-4,9-10H2,1-2H3/t13-,16+/m1/s1. The van der Waals surface area contributed by atoms with Crippen LogP contribution in [0, 0.1) is 15.5 Å². The molecule has 2 rings (SSSR count). The normalized spacial score (nSPS) is 21.7. The van der Waals surface area contributed by atoms with Crippen molar-refractivity contribution in [1.82, 2.24) is 0 Å². The molecule has 2 atom stereocenters. The number of hydrogen-bond donors (Lipinski definition) is 0. The summed E-state index contributed by atoms with van der Waals surface area (Å²) in [6, 6.07) is 6.63. The smallest absolute Gasteiger partial charge is 0.320 e. The van der Waals surface area contributed by atoms with E-state index in [1.165, 1.54) is 14.2 Å². The summed E-state index contributed by atoms with van der Waals surface area (Å²) < 4.78 is 9.91. The summed E-state index contributed by atoms with van der Waals surface area (Å²) in [4.78, 5) is 35.5. The number of nitro groups is 1. The summed E-state index contributed by atoms with van der Waals surface area (Å²) in [7, 11) is 2.72. The van der Waals surface area contributed by atoms with Gasteiger partial charge in [-0.1, -0.05) is 12.1 Å². The van der Waals surface area contributed by atoms with Gasteiger partial charge >= 0.3 is 5.97 Å². The Hall–Kier alpha value is -2.44. The first-order chi connectivity index (χ1) is 11.0. The molecule has 1 fully saturated rings. The van der Waals surface area contributed by atoms with Gasteiger partial charge in [-0.05, 0) is 30.5 Å². The molecule has 1 aromatic carbocycles. The third-order valence-electron chi connectivity index (χ3n) is 4.47. The summed E-state index contributed by atoms with van der Waals surface area (Å²) in [6.45, 7) is -0.507. The molecule has 0 heterocycles. The number of ketones is 1. The third-order valence-corrected chi connectivity index (χ3v) is 4.47. The van der Waals surface area contributed by atoms with Gasteiger partial charge < -0.3 is 9.47 Å². The molecule has 1 aliphatic rings. The molecule has 0 N–H and O–H groups in total. The van der Waals surface area contributed by atoms with Gasteiger partial charge in [0, 0.05) is 11.3 Å². The van der Waals surface area contributed by atoms with Gasteiger partial charge in [0.15, 0.2) is 5.78 Å². The van der Waals surface area contributed by atoms with Crippen LogP contribution in [0.3, 0.4) is 0 Å². The van der Waals surface area contributed by atoms with Crippen LogP contribution in [0.5, 0.6) is 5.75 Å². The van der Waals surface area contributed by atoms with Gasteiger partial charge in [-0.15, -0.1) is 0 Å². The molecule has 0 spiro atoms. The van der Waals surface area contributed by atoms with Crippen molar-refractivity contribution in [2.75, 3.05) is 20.8 Å². The second kappa shape index (κ2) is 6.76. The van der Waals surface area contributed by atoms with Crippen LogP contribution in [0.15, 0.2) is 24.3 Å². The molecule has 0 radical (unpaired) electrons. The number of hydrogen-bond acceptors (Lipinski definition) is 6. The van der Waals surface area contributed by atoms with Gasteiger partial charge in [0.25, 0.3) is 0 Å². The maximum atomic E-state index is 12.5. The zero-order valence-corrected chi connectivity index (χ0v) is 13.1. The predicted molar refractivity (Wildman–Crippen MR) is 80.9 cm³/mol. The lowest BCUT2D eigenvalue weighted by atomic mass is 9.70. The first-order valence-corrected chi connectivity index (χ1v) is 7.33. The SMILES string of the molecule is COC(=O)[C@]1([C@H](C[N+](=O)[O-])c2ccc(OC)cc2)CCCC1=O. The number of methoxy groups -OCH3 is 2. The second-order valence-electron chi connectivity index (χ2n) is 5.58. The molecule has 0 bridgehead atoms. The molecular weight excluding hydrogens is 302 g/mol. The van der Waals surface area contributed by atoms with E-state index in [-0.39, 0.29) is 18.6 Å². The van der Waals surface area contributed by atoms with Gasteiger partial charge in [-0.2, -0.15) is 0 Å². The Kier molecular flexibility index (Phi) is 4.98. The van der Waals surface area contributed by atoms with E-state index in [0.717, 1.165) is 0 Å². The number of carbonyl (C=O) groups is 2. The van der Waals surface area contributed by atoms with Crippen molar-refractivity contribution in [2.24, 2.45) is 5.41 Å². The van der Waals surface area contributed by atoms with Gasteiger partial charge in [0.1, 0.15) is 11.2 Å². The minimum absolute atomic E-state index is 0.236. The van der Waals surface area contributed by atoms with Gasteiger partial charge in [-0.3, -0.25) is 19.7 Å². The van der Waals surface area contributed by atoms with Crippen molar-refractivity contribution in [3.8, 4) is 5.75 Å². The first kappa shape index (κ1) is 16.9. The van der Waals surface area contributed by atoms with Crippen LogP contribution in [0.1, 0.15) is 30.7 Å². The minimum atomic E-state index is -1.48. The van der Waals surface area contributed by atoms with E-state index in [4.69, 9.17) is 9.47 Å². The quantitative estimate of drug-likeness (QED) is 0.344. The van der Waals surface area contributed by atoms with E-state index in [1.807, 2.05) is 0 Å². The monoisotopic (exact) mass is 321 g/mol. The fourth-order valence-electron chi connectivity index (χ4n) is 3.33. The van der Waals surface area contributed by atoms with Gasteiger partial charge in [-0.25, -0.2) is 0 Å². The molecule has 7 nitrogen and oxygen atoms in total. The molecular formula is C16H19NO6. The van der Waals surface area contributed by atoms with Crippen molar-refractivity contribution in [1.29, 1.82) is 0 Å². The molecule has 1 aliphatic carbocycles. The summed E-state index contributed by atoms with van der Waals surface area (Å²) in [5, 5.41) is 11.1. The minimum Gasteiger partial charge on any atom is -0.497 e. The van der Waals surface area contributed by atoms with Crippen molar-refractivity contribution >= 4 is 11.8 Å². The number of rotatable bonds is 6. The van der Waals surface area contributed by atoms with Crippen molar-refractivity contribution in [2.45, 2.75) is 25.2 Å². The highest BCUT2D eigenvalue weighted by molar-refractivity contribution is 6.06. The Bertz CT molecular complexity index is 612. The highest BCUT2D eigenvalue weighted by atomic mass is 16.6. The Balaban J connectivity index is 2.52. The number of ether oxygens (including phenoxy) is 2. The largest absolute Gasteiger partial charge is 0.497 e. The van der Waals surface area contributed by atoms with Crippen LogP contribution in [-0.4, -0.2) is 37.4 Å². The van der Waals surface area contributed by atoms with Crippen LogP contribution in [0.4, 0.5) is 0 Å². The highest BCUT2D eigenvalue weighted by Gasteiger charge is 2.57. The fourth-order valence-corrected chi connectivity index (χ4v) is 3.33. The maximum Gasteiger partial charge on any atom is 0.320 e. The third kappa shape index (κ3) is 3.04. The van der Waals surface area contributed by atoms with E-state index in [2.05, 4.69) is 0 Å². The van der Waals surface area contributed by atoms with E-state index in [0.29, 0.717) is 17.7 Å². The first-order valence-electron chi connectivity index (χ1n) is 7.33. The molecule has 0 aromatic heterocycles. The summed E-state index contributed by atoms with van der Waals surface area (Å²) in [5.41, 5.74) is -0.917. The van der Waals surface area contributed by atoms with E-state index >= 15 is 0 Å². The Morgan fingerprint density at radius 2 is 2.00 bits per heavy atom. The fraction of sp³-hybridized carbons (Fsp3) is 0.500. The lowest BCUT2D eigenvalue weighted by Gasteiger charge is -2.31. The Morgan fingerprint density at radius 3 is 2.43 bits per heavy atom. The second-order valence-corrected chi connectivity index (χ2v) is 5.58. The molecule has 0 saturated heterocycles. The average Bonchev–Trinajstić information content (AvgIpc) is 2.94. The zero-order valence-electron chi connectivity index (χ0n) is 13.1. The molecule has 0 aliphatic heterocycles. The highest BCUT2D eigenvalue weighted by Crippen LogP contribution is 2.47. The zero-order chi connectivity index (χ0) is 17.0. The molecule has 0 unspecified atom stereocenters. The van der Waals surface area contributed by atoms with E-state index in [9.17, 15) is 19.7 Å². The number of carbonyl (C=O) groups excluding carboxylic acids is 2. The van der Waals surface area contributed by atoms with Crippen LogP contribution < -0.4 is 4.74 Å². The number of Topliss-reactive ketones (excluding diaryl/α,β-unsaturated/α-hetero) is 1. The van der Waals surface area contributed by atoms with Crippen LogP contribution in [0.25, 0.3) is 0 Å². The van der Waals surface area contributed by atoms with Crippen LogP contribution >= 0.6 is 0 Å². The lowest BCUT2D eigenvalue weighted by molar-refractivity contribution is -0.485. The van der Waals surface area contributed by atoms with Gasteiger partial charge in [0.05, 0.1) is 20.1 Å². The topological polar surface area (TPSA) is 95.7 Å². The maximum absolute atomic E-state index is 12.5. The summed E-state index contributed by atoms with van der Waals surface area (Å²) in [6.07, 6.45) is 1.03. The Labute approximate surface area is 133 Å². The van der Waals surface area contributed by atoms with Crippen molar-refractivity contribution < 1.29 is 24.0 Å². The molecule has 7 heteroatoms. The van der Waals surface area contributed by atoms with Crippen molar-refractivity contribution in [3.05, 3.63) is 39.9 Å². The van der Waals surface area contributed by atoms with Crippen LogP contribution in [-0.2, 0) is 14.3 Å². The number of esters is 1. The molecule has 0 amide bonds. The summed E-state index contributed by atoms with van der Waals surface area (Å²) >= 11 is 0. The van der Waals surface area contributed by atoms with E-state index < -0.39 is 28.8 Å².